The molecule has 0 radical (unpaired) electrons. The largest absolute Gasteiger partial charge is 0.293 e. The predicted octanol–water partition coefficient (Wildman–Crippen LogP) is 7.80. The van der Waals surface area contributed by atoms with E-state index < -0.39 is 0 Å². The third kappa shape index (κ3) is 6.96. The van der Waals surface area contributed by atoms with E-state index in [-0.39, 0.29) is 0 Å². The first kappa shape index (κ1) is 25.2. The average Bonchev–Trinajstić information content (AvgIpc) is 2.56. The van der Waals surface area contributed by atoms with Gasteiger partial charge in [0, 0.05) is 22.2 Å². The molecule has 2 aliphatic rings. The van der Waals surface area contributed by atoms with E-state index in [1.54, 1.807) is 0 Å². The monoisotopic (exact) mass is 406 g/mol. The lowest BCUT2D eigenvalue weighted by molar-refractivity contribution is -0.0276. The Morgan fingerprint density at radius 3 is 0.931 bits per heavy atom. The standard InChI is InChI=1S/C27H54N2/c1-24(2)18-16-19-25(3,4)28(24)22-14-12-10-9-11-13-15-23-29-26(5,6)20-17-21-27(29,7)8/h9-23H2,1-8H3. The summed E-state index contributed by atoms with van der Waals surface area (Å²) >= 11 is 0. The summed E-state index contributed by atoms with van der Waals surface area (Å²) in [6.45, 7) is 22.2. The van der Waals surface area contributed by atoms with Gasteiger partial charge in [0.1, 0.15) is 0 Å². The van der Waals surface area contributed by atoms with Crippen LogP contribution in [0.4, 0.5) is 0 Å². The zero-order valence-electron chi connectivity index (χ0n) is 21.5. The lowest BCUT2D eigenvalue weighted by atomic mass is 9.79. The van der Waals surface area contributed by atoms with Crippen LogP contribution in [0.3, 0.4) is 0 Å². The van der Waals surface area contributed by atoms with E-state index in [0.29, 0.717) is 22.2 Å². The van der Waals surface area contributed by atoms with Gasteiger partial charge >= 0.3 is 0 Å². The van der Waals surface area contributed by atoms with Crippen molar-refractivity contribution in [1.82, 2.24) is 9.80 Å². The highest BCUT2D eigenvalue weighted by Gasteiger charge is 2.41. The van der Waals surface area contributed by atoms with Crippen molar-refractivity contribution < 1.29 is 0 Å². The molecular weight excluding hydrogens is 352 g/mol. The second-order valence-corrected chi connectivity index (χ2v) is 12.7. The summed E-state index contributed by atoms with van der Waals surface area (Å²) in [5.41, 5.74) is 1.55. The van der Waals surface area contributed by atoms with Crippen LogP contribution in [-0.2, 0) is 0 Å². The van der Waals surface area contributed by atoms with Gasteiger partial charge < -0.3 is 0 Å². The van der Waals surface area contributed by atoms with E-state index >= 15 is 0 Å². The van der Waals surface area contributed by atoms with Gasteiger partial charge in [-0.15, -0.1) is 0 Å². The Labute approximate surface area is 184 Å². The second-order valence-electron chi connectivity index (χ2n) is 12.7. The van der Waals surface area contributed by atoms with Crippen LogP contribution >= 0.6 is 0 Å². The Bertz CT molecular complexity index is 413. The van der Waals surface area contributed by atoms with Crippen LogP contribution in [0.2, 0.25) is 0 Å². The highest BCUT2D eigenvalue weighted by Crippen LogP contribution is 2.39. The molecule has 0 bridgehead atoms. The number of hydrogen-bond acceptors (Lipinski definition) is 2. The molecule has 0 N–H and O–H groups in total. The molecule has 2 rings (SSSR count). The molecule has 0 atom stereocenters. The van der Waals surface area contributed by atoms with Crippen molar-refractivity contribution >= 4 is 0 Å². The van der Waals surface area contributed by atoms with Crippen molar-refractivity contribution in [3.63, 3.8) is 0 Å². The van der Waals surface area contributed by atoms with E-state index in [1.165, 1.54) is 96.6 Å². The van der Waals surface area contributed by atoms with Crippen LogP contribution in [0.5, 0.6) is 0 Å². The van der Waals surface area contributed by atoms with Gasteiger partial charge in [-0.25, -0.2) is 0 Å². The zero-order valence-corrected chi connectivity index (χ0v) is 21.5. The first-order valence-corrected chi connectivity index (χ1v) is 12.9. The molecule has 0 amide bonds. The minimum absolute atomic E-state index is 0.387. The first-order valence-electron chi connectivity index (χ1n) is 12.9. The van der Waals surface area contributed by atoms with Crippen molar-refractivity contribution in [2.45, 2.75) is 161 Å². The Balaban J connectivity index is 1.57. The van der Waals surface area contributed by atoms with Gasteiger partial charge in [-0.2, -0.15) is 0 Å². The van der Waals surface area contributed by atoms with Gasteiger partial charge in [-0.1, -0.05) is 32.1 Å². The molecule has 172 valence electrons. The number of nitrogens with zero attached hydrogens (tertiary/aromatic N) is 2. The van der Waals surface area contributed by atoms with E-state index in [1.807, 2.05) is 0 Å². The quantitative estimate of drug-likeness (QED) is 0.341. The number of piperidine rings is 2. The maximum absolute atomic E-state index is 2.81. The molecule has 2 aliphatic heterocycles. The van der Waals surface area contributed by atoms with Crippen molar-refractivity contribution in [3.8, 4) is 0 Å². The van der Waals surface area contributed by atoms with Crippen molar-refractivity contribution in [2.75, 3.05) is 13.1 Å². The third-order valence-corrected chi connectivity index (χ3v) is 8.34. The summed E-state index contributed by atoms with van der Waals surface area (Å²) in [4.78, 5) is 5.62. The van der Waals surface area contributed by atoms with E-state index in [4.69, 9.17) is 0 Å². The topological polar surface area (TPSA) is 6.48 Å². The summed E-state index contributed by atoms with van der Waals surface area (Å²) in [6, 6.07) is 0. The fourth-order valence-corrected chi connectivity index (χ4v) is 6.72. The van der Waals surface area contributed by atoms with Gasteiger partial charge in [0.25, 0.3) is 0 Å². The molecule has 0 spiro atoms. The highest BCUT2D eigenvalue weighted by molar-refractivity contribution is 4.97. The highest BCUT2D eigenvalue weighted by atomic mass is 15.3. The summed E-state index contributed by atoms with van der Waals surface area (Å²) < 4.78 is 0. The molecule has 0 saturated carbocycles. The van der Waals surface area contributed by atoms with E-state index in [2.05, 4.69) is 65.2 Å². The van der Waals surface area contributed by atoms with Gasteiger partial charge in [-0.3, -0.25) is 9.80 Å². The molecule has 29 heavy (non-hydrogen) atoms. The van der Waals surface area contributed by atoms with Crippen LogP contribution in [-0.4, -0.2) is 45.0 Å². The van der Waals surface area contributed by atoms with Crippen molar-refractivity contribution in [2.24, 2.45) is 0 Å². The van der Waals surface area contributed by atoms with Gasteiger partial charge in [-0.05, 0) is 120 Å². The van der Waals surface area contributed by atoms with Crippen LogP contribution in [0.1, 0.15) is 139 Å². The number of rotatable bonds is 10. The molecule has 0 aliphatic carbocycles. The lowest BCUT2D eigenvalue weighted by Crippen LogP contribution is -2.58. The first-order chi connectivity index (χ1) is 13.4. The number of hydrogen-bond donors (Lipinski definition) is 0. The molecule has 2 saturated heterocycles. The predicted molar refractivity (Wildman–Crippen MR) is 130 cm³/mol. The summed E-state index contributed by atoms with van der Waals surface area (Å²) in [5.74, 6) is 0. The van der Waals surface area contributed by atoms with Gasteiger partial charge in [0.05, 0.1) is 0 Å². The Hall–Kier alpha value is -0.0800. The Kier molecular flexibility index (Phi) is 8.71. The number of unbranched alkanes of at least 4 members (excludes halogenated alkanes) is 6. The molecule has 0 aromatic rings. The van der Waals surface area contributed by atoms with Crippen LogP contribution < -0.4 is 0 Å². The average molecular weight is 407 g/mol. The Morgan fingerprint density at radius 2 is 0.655 bits per heavy atom. The van der Waals surface area contributed by atoms with E-state index in [0.717, 1.165) is 0 Å². The molecule has 2 nitrogen and oxygen atoms in total. The third-order valence-electron chi connectivity index (χ3n) is 8.34. The second kappa shape index (κ2) is 10.0. The van der Waals surface area contributed by atoms with E-state index in [9.17, 15) is 0 Å². The molecule has 0 aromatic carbocycles. The molecule has 0 unspecified atom stereocenters. The lowest BCUT2D eigenvalue weighted by Gasteiger charge is -2.53. The maximum atomic E-state index is 2.81. The molecule has 2 fully saturated rings. The molecule has 0 aromatic heterocycles. The summed E-state index contributed by atoms with van der Waals surface area (Å²) in [5, 5.41) is 0. The maximum Gasteiger partial charge on any atom is 0.0158 e. The SMILES string of the molecule is CC1(C)CCCC(C)(C)N1CCCCCCCCCN1C(C)(C)CCCC1(C)C. The summed E-state index contributed by atoms with van der Waals surface area (Å²) in [7, 11) is 0. The van der Waals surface area contributed by atoms with Crippen LogP contribution in [0.25, 0.3) is 0 Å². The van der Waals surface area contributed by atoms with Crippen molar-refractivity contribution in [3.05, 3.63) is 0 Å². The van der Waals surface area contributed by atoms with Gasteiger partial charge in [0.15, 0.2) is 0 Å². The normalized spacial score (nSPS) is 26.5. The van der Waals surface area contributed by atoms with Crippen LogP contribution in [0, 0.1) is 0 Å². The molecule has 2 heterocycles. The minimum atomic E-state index is 0.387. The minimum Gasteiger partial charge on any atom is -0.293 e. The van der Waals surface area contributed by atoms with Gasteiger partial charge in [0.2, 0.25) is 0 Å². The number of likely N-dealkylation sites (tertiary alicyclic amines) is 2. The smallest absolute Gasteiger partial charge is 0.0158 e. The molecule has 2 heteroatoms. The fourth-order valence-electron chi connectivity index (χ4n) is 6.72. The van der Waals surface area contributed by atoms with Crippen molar-refractivity contribution in [1.29, 1.82) is 0 Å². The fraction of sp³-hybridized carbons (Fsp3) is 1.00. The zero-order chi connectivity index (χ0) is 21.8. The Morgan fingerprint density at radius 1 is 0.414 bits per heavy atom. The molecular formula is C27H54N2. The summed E-state index contributed by atoms with van der Waals surface area (Å²) in [6.07, 6.45) is 18.1. The van der Waals surface area contributed by atoms with Crippen LogP contribution in [0.15, 0.2) is 0 Å².